The molecule has 0 aliphatic carbocycles. The van der Waals surface area contributed by atoms with Gasteiger partial charge < -0.3 is 9.47 Å². The van der Waals surface area contributed by atoms with Crippen LogP contribution in [0.15, 0.2) is 12.1 Å². The van der Waals surface area contributed by atoms with Crippen molar-refractivity contribution in [1.29, 1.82) is 0 Å². The van der Waals surface area contributed by atoms with Crippen molar-refractivity contribution in [3.8, 4) is 5.75 Å². The van der Waals surface area contributed by atoms with Crippen LogP contribution >= 0.6 is 0 Å². The molecule has 0 unspecified atom stereocenters. The second kappa shape index (κ2) is 5.96. The minimum atomic E-state index is -0.100. The number of ether oxygens (including phenoxy) is 2. The molecule has 0 amide bonds. The average Bonchev–Trinajstić information content (AvgIpc) is 2.25. The molecule has 4 nitrogen and oxygen atoms in total. The van der Waals surface area contributed by atoms with Crippen LogP contribution in [0.2, 0.25) is 0 Å². The molecule has 0 saturated heterocycles. The highest BCUT2D eigenvalue weighted by atomic mass is 16.7. The van der Waals surface area contributed by atoms with E-state index in [1.54, 1.807) is 6.07 Å². The Kier molecular flexibility index (Phi) is 4.84. The summed E-state index contributed by atoms with van der Waals surface area (Å²) in [5.74, 6) is 0.374. The fourth-order valence-corrected chi connectivity index (χ4v) is 1.62. The molecule has 1 aromatic rings. The first-order chi connectivity index (χ1) is 8.33. The zero-order valence-corrected chi connectivity index (χ0v) is 11.7. The van der Waals surface area contributed by atoms with Gasteiger partial charge in [0.25, 0.3) is 0 Å². The van der Waals surface area contributed by atoms with Crippen LogP contribution in [0.25, 0.3) is 0 Å². The van der Waals surface area contributed by atoms with E-state index in [4.69, 9.17) is 9.47 Å². The van der Waals surface area contributed by atoms with Gasteiger partial charge in [0.15, 0.2) is 18.3 Å². The summed E-state index contributed by atoms with van der Waals surface area (Å²) in [7, 11) is 1.54. The van der Waals surface area contributed by atoms with Gasteiger partial charge in [0.1, 0.15) is 5.69 Å². The van der Waals surface area contributed by atoms with Crippen LogP contribution in [0.4, 0.5) is 0 Å². The highest BCUT2D eigenvalue weighted by Crippen LogP contribution is 2.23. The van der Waals surface area contributed by atoms with Crippen LogP contribution in [0.5, 0.6) is 5.75 Å². The summed E-state index contributed by atoms with van der Waals surface area (Å²) in [5, 5.41) is 0. The zero-order valence-electron chi connectivity index (χ0n) is 11.7. The maximum atomic E-state index is 11.6. The van der Waals surface area contributed by atoms with Crippen LogP contribution in [0.1, 0.15) is 43.9 Å². The third-order valence-electron chi connectivity index (χ3n) is 2.29. The Labute approximate surface area is 108 Å². The van der Waals surface area contributed by atoms with E-state index in [9.17, 15) is 4.79 Å². The van der Waals surface area contributed by atoms with E-state index in [0.717, 1.165) is 12.1 Å². The zero-order chi connectivity index (χ0) is 13.8. The summed E-state index contributed by atoms with van der Waals surface area (Å²) in [6.07, 6.45) is 0.817. The largest absolute Gasteiger partial charge is 0.465 e. The first-order valence-electron chi connectivity index (χ1n) is 5.96. The number of ketones is 1. The van der Waals surface area contributed by atoms with Gasteiger partial charge in [-0.15, -0.1) is 0 Å². The van der Waals surface area contributed by atoms with Crippen molar-refractivity contribution in [1.82, 2.24) is 4.98 Å². The quantitative estimate of drug-likeness (QED) is 0.596. The molecule has 0 radical (unpaired) electrons. The number of nitrogens with zero attached hydrogens (tertiary/aromatic N) is 1. The molecule has 0 atom stereocenters. The van der Waals surface area contributed by atoms with Gasteiger partial charge in [-0.3, -0.25) is 4.79 Å². The van der Waals surface area contributed by atoms with Gasteiger partial charge in [0.05, 0.1) is 0 Å². The fraction of sp³-hybridized carbons (Fsp3) is 0.571. The number of rotatable bonds is 5. The molecule has 0 saturated carbocycles. The summed E-state index contributed by atoms with van der Waals surface area (Å²) in [6.45, 7) is 8.01. The summed E-state index contributed by atoms with van der Waals surface area (Å²) in [6, 6.07) is 3.67. The van der Waals surface area contributed by atoms with E-state index in [2.05, 4.69) is 25.8 Å². The Bertz CT molecular complexity index is 422. The number of pyridine rings is 1. The number of hydrogen-bond donors (Lipinski definition) is 0. The van der Waals surface area contributed by atoms with E-state index in [1.165, 1.54) is 14.0 Å². The van der Waals surface area contributed by atoms with Gasteiger partial charge in [-0.1, -0.05) is 20.8 Å². The molecule has 4 heteroatoms. The lowest BCUT2D eigenvalue weighted by molar-refractivity contribution is 0.0499. The molecule has 0 aromatic carbocycles. The van der Waals surface area contributed by atoms with Crippen LogP contribution in [-0.2, 0) is 11.2 Å². The summed E-state index contributed by atoms with van der Waals surface area (Å²) >= 11 is 0. The van der Waals surface area contributed by atoms with Crippen molar-refractivity contribution in [2.75, 3.05) is 13.9 Å². The number of carbonyl (C=O) groups excluding carboxylic acids is 1. The third-order valence-corrected chi connectivity index (χ3v) is 2.29. The van der Waals surface area contributed by atoms with Gasteiger partial charge in [-0.2, -0.15) is 0 Å². The smallest absolute Gasteiger partial charge is 0.188 e. The molecule has 1 rings (SSSR count). The SMILES string of the molecule is COCOc1ccc(CC(C)(C)C)nc1C(C)=O. The topological polar surface area (TPSA) is 48.4 Å². The standard InChI is InChI=1S/C14H21NO3/c1-10(16)13-12(18-9-17-5)7-6-11(15-13)8-14(2,3)4/h6-7H,8-9H2,1-5H3. The van der Waals surface area contributed by atoms with Crippen molar-refractivity contribution >= 4 is 5.78 Å². The number of hydrogen-bond acceptors (Lipinski definition) is 4. The van der Waals surface area contributed by atoms with Gasteiger partial charge in [0.2, 0.25) is 0 Å². The lowest BCUT2D eigenvalue weighted by Gasteiger charge is -2.18. The summed E-state index contributed by atoms with van der Waals surface area (Å²) in [5.41, 5.74) is 1.40. The molecule has 0 spiro atoms. The second-order valence-electron chi connectivity index (χ2n) is 5.49. The van der Waals surface area contributed by atoms with E-state index in [1.807, 2.05) is 6.07 Å². The fourth-order valence-electron chi connectivity index (χ4n) is 1.62. The summed E-state index contributed by atoms with van der Waals surface area (Å²) < 4.78 is 10.2. The normalized spacial score (nSPS) is 11.4. The molecule has 1 heterocycles. The molecule has 0 aliphatic rings. The Hall–Kier alpha value is -1.42. The first-order valence-corrected chi connectivity index (χ1v) is 5.96. The van der Waals surface area contributed by atoms with Gasteiger partial charge in [-0.05, 0) is 24.0 Å². The van der Waals surface area contributed by atoms with E-state index >= 15 is 0 Å². The van der Waals surface area contributed by atoms with Crippen LogP contribution < -0.4 is 4.74 Å². The highest BCUT2D eigenvalue weighted by molar-refractivity contribution is 5.94. The van der Waals surface area contributed by atoms with Gasteiger partial charge in [-0.25, -0.2) is 4.98 Å². The predicted molar refractivity (Wildman–Crippen MR) is 69.9 cm³/mol. The molecule has 0 bridgehead atoms. The molecular formula is C14H21NO3. The van der Waals surface area contributed by atoms with Crippen molar-refractivity contribution in [2.24, 2.45) is 5.41 Å². The number of carbonyl (C=O) groups is 1. The Balaban J connectivity index is 2.99. The van der Waals surface area contributed by atoms with Gasteiger partial charge >= 0.3 is 0 Å². The first kappa shape index (κ1) is 14.6. The highest BCUT2D eigenvalue weighted by Gasteiger charge is 2.16. The van der Waals surface area contributed by atoms with Crippen LogP contribution in [0, 0.1) is 5.41 Å². The molecule has 18 heavy (non-hydrogen) atoms. The molecule has 1 aromatic heterocycles. The molecule has 100 valence electrons. The number of Topliss-reactive ketones (excluding diaryl/α,β-unsaturated/α-hetero) is 1. The summed E-state index contributed by atoms with van der Waals surface area (Å²) in [4.78, 5) is 15.9. The maximum absolute atomic E-state index is 11.6. The maximum Gasteiger partial charge on any atom is 0.188 e. The van der Waals surface area contributed by atoms with Crippen molar-refractivity contribution in [3.63, 3.8) is 0 Å². The van der Waals surface area contributed by atoms with Crippen molar-refractivity contribution in [3.05, 3.63) is 23.5 Å². The van der Waals surface area contributed by atoms with Crippen molar-refractivity contribution in [2.45, 2.75) is 34.1 Å². The molecule has 0 N–H and O–H groups in total. The minimum absolute atomic E-state index is 0.100. The Morgan fingerprint density at radius 2 is 2.00 bits per heavy atom. The van der Waals surface area contributed by atoms with Crippen LogP contribution in [0.3, 0.4) is 0 Å². The minimum Gasteiger partial charge on any atom is -0.465 e. The molecular weight excluding hydrogens is 230 g/mol. The van der Waals surface area contributed by atoms with E-state index in [0.29, 0.717) is 11.4 Å². The van der Waals surface area contributed by atoms with Crippen LogP contribution in [-0.4, -0.2) is 24.7 Å². The monoisotopic (exact) mass is 251 g/mol. The Morgan fingerprint density at radius 3 is 2.50 bits per heavy atom. The molecule has 0 aliphatic heterocycles. The molecule has 0 fully saturated rings. The van der Waals surface area contributed by atoms with E-state index < -0.39 is 0 Å². The lowest BCUT2D eigenvalue weighted by atomic mass is 9.90. The Morgan fingerprint density at radius 1 is 1.33 bits per heavy atom. The third kappa shape index (κ3) is 4.45. The predicted octanol–water partition coefficient (Wildman–Crippen LogP) is 2.86. The number of methoxy groups -OCH3 is 1. The van der Waals surface area contributed by atoms with Crippen molar-refractivity contribution < 1.29 is 14.3 Å². The lowest BCUT2D eigenvalue weighted by Crippen LogP contribution is -2.13. The van der Waals surface area contributed by atoms with E-state index in [-0.39, 0.29) is 18.0 Å². The van der Waals surface area contributed by atoms with Gasteiger partial charge in [0, 0.05) is 19.7 Å². The number of aromatic nitrogens is 1. The average molecular weight is 251 g/mol. The second-order valence-corrected chi connectivity index (χ2v) is 5.49.